The average Bonchev–Trinajstić information content (AvgIpc) is 2.58. The van der Waals surface area contributed by atoms with Crippen LogP contribution in [-0.2, 0) is 14.2 Å². The first kappa shape index (κ1) is 20.3. The van der Waals surface area contributed by atoms with Crippen LogP contribution in [0.15, 0.2) is 18.2 Å². The summed E-state index contributed by atoms with van der Waals surface area (Å²) >= 11 is 0. The van der Waals surface area contributed by atoms with Crippen LogP contribution in [0.25, 0.3) is 0 Å². The van der Waals surface area contributed by atoms with Gasteiger partial charge in [0.1, 0.15) is 0 Å². The number of terminal acetylenes is 1. The normalized spacial score (nSPS) is 12.0. The predicted octanol–water partition coefficient (Wildman–Crippen LogP) is 1.57. The fourth-order valence-electron chi connectivity index (χ4n) is 2.00. The topological polar surface area (TPSA) is 91.8 Å². The maximum absolute atomic E-state index is 5.82. The first-order valence-electron chi connectivity index (χ1n) is 8.20. The lowest BCUT2D eigenvalue weighted by atomic mass is 10.1. The fraction of sp³-hybridized carbons (Fsp3) is 0.556. The molecule has 1 atom stereocenters. The van der Waals surface area contributed by atoms with Gasteiger partial charge in [-0.25, -0.2) is 0 Å². The molecule has 1 rings (SSSR count). The molecule has 134 valence electrons. The summed E-state index contributed by atoms with van der Waals surface area (Å²) in [5.41, 5.74) is 13.9. The first-order chi connectivity index (χ1) is 11.6. The summed E-state index contributed by atoms with van der Waals surface area (Å²) in [6.07, 6.45) is 5.76. The Morgan fingerprint density at radius 3 is 2.25 bits per heavy atom. The Morgan fingerprint density at radius 2 is 1.62 bits per heavy atom. The minimum absolute atomic E-state index is 0.188. The van der Waals surface area contributed by atoms with Crippen LogP contribution in [0.3, 0.4) is 0 Å². The number of hydrogen-bond acceptors (Lipinski definition) is 6. The summed E-state index contributed by atoms with van der Waals surface area (Å²) in [4.78, 5) is 0. The van der Waals surface area contributed by atoms with E-state index in [0.717, 1.165) is 12.1 Å². The highest BCUT2D eigenvalue weighted by Crippen LogP contribution is 2.20. The van der Waals surface area contributed by atoms with E-state index in [4.69, 9.17) is 32.1 Å². The van der Waals surface area contributed by atoms with E-state index in [1.807, 2.05) is 18.2 Å². The third-order valence-electron chi connectivity index (χ3n) is 3.44. The van der Waals surface area contributed by atoms with Crippen LogP contribution >= 0.6 is 0 Å². The summed E-state index contributed by atoms with van der Waals surface area (Å²) < 4.78 is 16.2. The molecular formula is C18H29N3O3. The third-order valence-corrected chi connectivity index (χ3v) is 3.44. The van der Waals surface area contributed by atoms with E-state index < -0.39 is 0 Å². The van der Waals surface area contributed by atoms with Crippen LogP contribution < -0.4 is 16.8 Å². The van der Waals surface area contributed by atoms with Crippen molar-refractivity contribution in [2.45, 2.75) is 19.4 Å². The zero-order chi connectivity index (χ0) is 17.6. The van der Waals surface area contributed by atoms with Crippen LogP contribution in [0.1, 0.15) is 24.9 Å². The monoisotopic (exact) mass is 335 g/mol. The summed E-state index contributed by atoms with van der Waals surface area (Å²) in [6, 6.07) is 5.89. The predicted molar refractivity (Wildman–Crippen MR) is 97.6 cm³/mol. The molecule has 6 nitrogen and oxygen atoms in total. The van der Waals surface area contributed by atoms with Crippen molar-refractivity contribution in [3.05, 3.63) is 23.8 Å². The van der Waals surface area contributed by atoms with Crippen LogP contribution in [0.2, 0.25) is 0 Å². The molecule has 1 aromatic carbocycles. The number of nitrogens with one attached hydrogen (secondary N) is 1. The van der Waals surface area contributed by atoms with Gasteiger partial charge in [0.2, 0.25) is 0 Å². The molecule has 0 saturated carbocycles. The number of rotatable bonds is 13. The summed E-state index contributed by atoms with van der Waals surface area (Å²) in [5.74, 6) is 2.52. The Balaban J connectivity index is 1.96. The number of nitrogen functional groups attached to an aromatic ring is 2. The van der Waals surface area contributed by atoms with Gasteiger partial charge < -0.3 is 31.0 Å². The zero-order valence-corrected chi connectivity index (χ0v) is 14.4. The lowest BCUT2D eigenvalue weighted by molar-refractivity contribution is 0.0159. The second-order valence-corrected chi connectivity index (χ2v) is 5.36. The number of ether oxygens (including phenoxy) is 3. The largest absolute Gasteiger partial charge is 0.397 e. The van der Waals surface area contributed by atoms with Crippen molar-refractivity contribution in [2.75, 3.05) is 57.7 Å². The first-order valence-corrected chi connectivity index (χ1v) is 8.20. The second-order valence-electron chi connectivity index (χ2n) is 5.36. The Morgan fingerprint density at radius 1 is 1.00 bits per heavy atom. The average molecular weight is 335 g/mol. The molecule has 0 aliphatic heterocycles. The van der Waals surface area contributed by atoms with Crippen molar-refractivity contribution < 1.29 is 14.2 Å². The van der Waals surface area contributed by atoms with E-state index in [9.17, 15) is 0 Å². The molecule has 24 heavy (non-hydrogen) atoms. The minimum Gasteiger partial charge on any atom is -0.397 e. The Kier molecular flexibility index (Phi) is 10.7. The zero-order valence-electron chi connectivity index (χ0n) is 14.4. The van der Waals surface area contributed by atoms with E-state index in [2.05, 4.69) is 18.2 Å². The van der Waals surface area contributed by atoms with Gasteiger partial charge in [-0.1, -0.05) is 6.07 Å². The van der Waals surface area contributed by atoms with E-state index >= 15 is 0 Å². The molecule has 0 saturated heterocycles. The van der Waals surface area contributed by atoms with Crippen molar-refractivity contribution in [3.63, 3.8) is 0 Å². The maximum Gasteiger partial charge on any atom is 0.0701 e. The highest BCUT2D eigenvalue weighted by molar-refractivity contribution is 5.64. The number of hydrogen-bond donors (Lipinski definition) is 3. The fourth-order valence-corrected chi connectivity index (χ4v) is 2.00. The van der Waals surface area contributed by atoms with E-state index in [-0.39, 0.29) is 6.04 Å². The lowest BCUT2D eigenvalue weighted by Crippen LogP contribution is -2.24. The molecule has 0 aromatic heterocycles. The molecule has 0 spiro atoms. The lowest BCUT2D eigenvalue weighted by Gasteiger charge is -2.15. The van der Waals surface area contributed by atoms with Gasteiger partial charge in [0.25, 0.3) is 0 Å². The molecule has 0 fully saturated rings. The quantitative estimate of drug-likeness (QED) is 0.288. The van der Waals surface area contributed by atoms with Gasteiger partial charge in [0.05, 0.1) is 51.0 Å². The van der Waals surface area contributed by atoms with Crippen LogP contribution in [-0.4, -0.2) is 46.2 Å². The molecule has 0 radical (unpaired) electrons. The van der Waals surface area contributed by atoms with E-state index in [1.54, 1.807) is 0 Å². The Bertz CT molecular complexity index is 503. The standard InChI is InChI=1S/C18H29N3O3/c1-3-4-8-22-10-12-24-13-11-23-9-7-21-15(2)16-5-6-17(19)18(20)14-16/h1,5-6,14-15,21H,4,7-13,19-20H2,2H3. The highest BCUT2D eigenvalue weighted by Gasteiger charge is 2.05. The smallest absolute Gasteiger partial charge is 0.0701 e. The second kappa shape index (κ2) is 12.6. The summed E-state index contributed by atoms with van der Waals surface area (Å²) in [7, 11) is 0. The molecule has 1 aromatic rings. The number of anilines is 2. The van der Waals surface area contributed by atoms with Crippen LogP contribution in [0.5, 0.6) is 0 Å². The molecule has 6 heteroatoms. The Labute approximate surface area is 144 Å². The molecule has 0 heterocycles. The van der Waals surface area contributed by atoms with Crippen molar-refractivity contribution in [3.8, 4) is 12.3 Å². The molecule has 5 N–H and O–H groups in total. The van der Waals surface area contributed by atoms with Gasteiger partial charge in [-0.2, -0.15) is 0 Å². The SMILES string of the molecule is C#CCCOCCOCCOCCNC(C)c1ccc(N)c(N)c1. The molecule has 0 aliphatic carbocycles. The van der Waals surface area contributed by atoms with Gasteiger partial charge >= 0.3 is 0 Å². The van der Waals surface area contributed by atoms with Crippen molar-refractivity contribution in [1.82, 2.24) is 5.32 Å². The molecule has 0 aliphatic rings. The third kappa shape index (κ3) is 8.75. The van der Waals surface area contributed by atoms with Gasteiger partial charge in [-0.15, -0.1) is 12.3 Å². The van der Waals surface area contributed by atoms with Gasteiger partial charge in [-0.3, -0.25) is 0 Å². The van der Waals surface area contributed by atoms with Gasteiger partial charge in [0.15, 0.2) is 0 Å². The number of nitrogens with two attached hydrogens (primary N) is 2. The minimum atomic E-state index is 0.188. The van der Waals surface area contributed by atoms with Gasteiger partial charge in [0, 0.05) is 19.0 Å². The van der Waals surface area contributed by atoms with Crippen molar-refractivity contribution in [1.29, 1.82) is 0 Å². The van der Waals surface area contributed by atoms with E-state index in [1.165, 1.54) is 0 Å². The molecule has 0 bridgehead atoms. The molecule has 0 amide bonds. The summed E-state index contributed by atoms with van der Waals surface area (Å²) in [6.45, 7) is 6.27. The van der Waals surface area contributed by atoms with Crippen LogP contribution in [0.4, 0.5) is 11.4 Å². The van der Waals surface area contributed by atoms with E-state index in [0.29, 0.717) is 57.4 Å². The van der Waals surface area contributed by atoms with Crippen LogP contribution in [0, 0.1) is 12.3 Å². The Hall–Kier alpha value is -1.78. The number of benzene rings is 1. The molecular weight excluding hydrogens is 306 g/mol. The molecule has 1 unspecified atom stereocenters. The van der Waals surface area contributed by atoms with Crippen molar-refractivity contribution >= 4 is 11.4 Å². The maximum atomic E-state index is 5.82. The van der Waals surface area contributed by atoms with Crippen molar-refractivity contribution in [2.24, 2.45) is 0 Å². The van der Waals surface area contributed by atoms with Gasteiger partial charge in [-0.05, 0) is 24.6 Å². The highest BCUT2D eigenvalue weighted by atomic mass is 16.5. The summed E-state index contributed by atoms with van der Waals surface area (Å²) in [5, 5.41) is 3.38.